The molecule has 0 saturated heterocycles. The van der Waals surface area contributed by atoms with E-state index in [1.807, 2.05) is 6.07 Å². The van der Waals surface area contributed by atoms with Gasteiger partial charge in [0.2, 0.25) is 0 Å². The summed E-state index contributed by atoms with van der Waals surface area (Å²) in [6.45, 7) is 5.26. The number of nitrogens with one attached hydrogen (secondary N) is 1. The normalized spacial score (nSPS) is 24.6. The zero-order valence-electron chi connectivity index (χ0n) is 12.5. The number of benzene rings is 1. The van der Waals surface area contributed by atoms with Crippen molar-refractivity contribution in [3.05, 3.63) is 34.1 Å². The number of hydrogen-bond acceptors (Lipinski definition) is 1. The summed E-state index contributed by atoms with van der Waals surface area (Å²) < 4.78 is 15.1. The molecule has 1 unspecified atom stereocenters. The van der Waals surface area contributed by atoms with Gasteiger partial charge in [0.05, 0.1) is 0 Å². The molecule has 0 heterocycles. The van der Waals surface area contributed by atoms with Crippen molar-refractivity contribution < 1.29 is 4.39 Å². The van der Waals surface area contributed by atoms with Gasteiger partial charge < -0.3 is 5.32 Å². The van der Waals surface area contributed by atoms with E-state index in [0.29, 0.717) is 5.92 Å². The van der Waals surface area contributed by atoms with Crippen LogP contribution in [0.3, 0.4) is 0 Å². The van der Waals surface area contributed by atoms with Crippen LogP contribution in [0.5, 0.6) is 0 Å². The summed E-state index contributed by atoms with van der Waals surface area (Å²) in [5.74, 6) is 1.35. The average Bonchev–Trinajstić information content (AvgIpc) is 2.48. The van der Waals surface area contributed by atoms with Gasteiger partial charge in [-0.2, -0.15) is 0 Å². The Morgan fingerprint density at radius 1 is 1.25 bits per heavy atom. The molecular formula is C17H25BrFN. The highest BCUT2D eigenvalue weighted by molar-refractivity contribution is 9.10. The maximum atomic E-state index is 14.2. The third kappa shape index (κ3) is 3.82. The molecule has 0 aliphatic heterocycles. The van der Waals surface area contributed by atoms with Crippen molar-refractivity contribution in [1.29, 1.82) is 0 Å². The summed E-state index contributed by atoms with van der Waals surface area (Å²) in [6, 6.07) is 5.43. The molecular weight excluding hydrogens is 317 g/mol. The Hall–Kier alpha value is -0.410. The fraction of sp³-hybridized carbons (Fsp3) is 0.647. The van der Waals surface area contributed by atoms with Crippen molar-refractivity contribution in [1.82, 2.24) is 5.32 Å². The Morgan fingerprint density at radius 3 is 2.55 bits per heavy atom. The molecule has 1 aromatic carbocycles. The fourth-order valence-electron chi connectivity index (χ4n) is 3.43. The van der Waals surface area contributed by atoms with Crippen molar-refractivity contribution in [2.45, 2.75) is 52.0 Å². The van der Waals surface area contributed by atoms with Gasteiger partial charge in [-0.05, 0) is 49.4 Å². The fourth-order valence-corrected chi connectivity index (χ4v) is 3.81. The molecule has 1 saturated carbocycles. The van der Waals surface area contributed by atoms with Crippen LogP contribution in [0.1, 0.15) is 57.6 Å². The van der Waals surface area contributed by atoms with Crippen LogP contribution in [-0.2, 0) is 0 Å². The van der Waals surface area contributed by atoms with E-state index in [-0.39, 0.29) is 11.9 Å². The molecule has 1 aromatic rings. The predicted octanol–water partition coefficient (Wildman–Crippen LogP) is 5.46. The van der Waals surface area contributed by atoms with Crippen molar-refractivity contribution in [2.75, 3.05) is 6.54 Å². The van der Waals surface area contributed by atoms with E-state index in [9.17, 15) is 4.39 Å². The highest BCUT2D eigenvalue weighted by Crippen LogP contribution is 2.39. The van der Waals surface area contributed by atoms with E-state index < -0.39 is 0 Å². The van der Waals surface area contributed by atoms with Crippen LogP contribution in [0.15, 0.2) is 22.7 Å². The lowest BCUT2D eigenvalue weighted by Gasteiger charge is -2.34. The second-order valence-corrected chi connectivity index (χ2v) is 6.81. The topological polar surface area (TPSA) is 12.0 Å². The molecule has 1 fully saturated rings. The smallest absolute Gasteiger partial charge is 0.128 e. The molecule has 1 aliphatic rings. The summed E-state index contributed by atoms with van der Waals surface area (Å²) in [5.41, 5.74) is 0.821. The zero-order valence-corrected chi connectivity index (χ0v) is 14.0. The molecule has 3 heteroatoms. The van der Waals surface area contributed by atoms with Crippen LogP contribution in [0.25, 0.3) is 0 Å². The highest BCUT2D eigenvalue weighted by atomic mass is 79.9. The Morgan fingerprint density at radius 2 is 1.95 bits per heavy atom. The molecule has 112 valence electrons. The monoisotopic (exact) mass is 341 g/mol. The summed E-state index contributed by atoms with van der Waals surface area (Å²) in [6.07, 6.45) is 6.28. The van der Waals surface area contributed by atoms with Crippen molar-refractivity contribution in [3.8, 4) is 0 Å². The Kier molecular flexibility index (Phi) is 6.03. The highest BCUT2D eigenvalue weighted by Gasteiger charge is 2.29. The second-order valence-electron chi connectivity index (χ2n) is 5.89. The van der Waals surface area contributed by atoms with Gasteiger partial charge in [0.1, 0.15) is 5.82 Å². The number of hydrogen-bond donors (Lipinski definition) is 1. The zero-order chi connectivity index (χ0) is 14.5. The third-order valence-electron chi connectivity index (χ3n) is 4.66. The maximum Gasteiger partial charge on any atom is 0.128 e. The minimum absolute atomic E-state index is 0.0863. The van der Waals surface area contributed by atoms with Crippen LogP contribution in [-0.4, -0.2) is 6.54 Å². The van der Waals surface area contributed by atoms with Crippen molar-refractivity contribution in [2.24, 2.45) is 11.8 Å². The summed E-state index contributed by atoms with van der Waals surface area (Å²) in [4.78, 5) is 0. The first-order valence-electron chi connectivity index (χ1n) is 7.84. The van der Waals surface area contributed by atoms with Crippen LogP contribution < -0.4 is 5.32 Å². The Balaban J connectivity index is 2.16. The molecule has 2 rings (SSSR count). The van der Waals surface area contributed by atoms with E-state index in [1.54, 1.807) is 12.1 Å². The van der Waals surface area contributed by atoms with E-state index in [2.05, 4.69) is 35.1 Å². The first kappa shape index (κ1) is 16.0. The molecule has 1 aliphatic carbocycles. The van der Waals surface area contributed by atoms with Gasteiger partial charge in [0, 0.05) is 16.1 Å². The van der Waals surface area contributed by atoms with Gasteiger partial charge in [-0.25, -0.2) is 4.39 Å². The standard InChI is InChI=1S/C17H25BrFN/c1-3-12-5-7-13(8-6-12)17(20-4-2)15-11-14(18)9-10-16(15)19/h9-13,17,20H,3-8H2,1-2H3. The molecule has 0 spiro atoms. The molecule has 0 amide bonds. The maximum absolute atomic E-state index is 14.2. The Labute approximate surface area is 130 Å². The molecule has 1 nitrogen and oxygen atoms in total. The molecule has 0 radical (unpaired) electrons. The summed E-state index contributed by atoms with van der Waals surface area (Å²) in [5, 5.41) is 3.51. The van der Waals surface area contributed by atoms with E-state index >= 15 is 0 Å². The van der Waals surface area contributed by atoms with Crippen molar-refractivity contribution >= 4 is 15.9 Å². The van der Waals surface area contributed by atoms with Crippen LogP contribution in [0.4, 0.5) is 4.39 Å². The van der Waals surface area contributed by atoms with E-state index in [0.717, 1.165) is 22.5 Å². The van der Waals surface area contributed by atoms with Crippen LogP contribution in [0, 0.1) is 17.7 Å². The lowest BCUT2D eigenvalue weighted by Crippen LogP contribution is -2.31. The van der Waals surface area contributed by atoms with Gasteiger partial charge in [-0.1, -0.05) is 49.0 Å². The molecule has 20 heavy (non-hydrogen) atoms. The van der Waals surface area contributed by atoms with Gasteiger partial charge in [-0.3, -0.25) is 0 Å². The van der Waals surface area contributed by atoms with E-state index in [4.69, 9.17) is 0 Å². The molecule has 1 N–H and O–H groups in total. The van der Waals surface area contributed by atoms with E-state index in [1.165, 1.54) is 32.1 Å². The quantitative estimate of drug-likeness (QED) is 0.750. The third-order valence-corrected chi connectivity index (χ3v) is 5.15. The minimum atomic E-state index is -0.0863. The van der Waals surface area contributed by atoms with Gasteiger partial charge in [-0.15, -0.1) is 0 Å². The van der Waals surface area contributed by atoms with Crippen LogP contribution >= 0.6 is 15.9 Å². The Bertz CT molecular complexity index is 427. The number of halogens is 2. The average molecular weight is 342 g/mol. The largest absolute Gasteiger partial charge is 0.310 e. The lowest BCUT2D eigenvalue weighted by atomic mass is 9.76. The van der Waals surface area contributed by atoms with Crippen molar-refractivity contribution in [3.63, 3.8) is 0 Å². The van der Waals surface area contributed by atoms with Gasteiger partial charge in [0.25, 0.3) is 0 Å². The summed E-state index contributed by atoms with van der Waals surface area (Å²) >= 11 is 3.47. The SMILES string of the molecule is CCNC(c1cc(Br)ccc1F)C1CCC(CC)CC1. The minimum Gasteiger partial charge on any atom is -0.310 e. The first-order chi connectivity index (χ1) is 9.65. The molecule has 1 atom stereocenters. The lowest BCUT2D eigenvalue weighted by molar-refractivity contribution is 0.217. The molecule has 0 bridgehead atoms. The van der Waals surface area contributed by atoms with Gasteiger partial charge >= 0.3 is 0 Å². The summed E-state index contributed by atoms with van der Waals surface area (Å²) in [7, 11) is 0. The predicted molar refractivity (Wildman–Crippen MR) is 86.3 cm³/mol. The first-order valence-corrected chi connectivity index (χ1v) is 8.63. The molecule has 0 aromatic heterocycles. The van der Waals surface area contributed by atoms with Gasteiger partial charge in [0.15, 0.2) is 0 Å². The number of rotatable bonds is 5. The van der Waals surface area contributed by atoms with Crippen LogP contribution in [0.2, 0.25) is 0 Å². The second kappa shape index (κ2) is 7.56.